The Morgan fingerprint density at radius 3 is 2.61 bits per heavy atom. The van der Waals surface area contributed by atoms with Crippen molar-refractivity contribution in [3.63, 3.8) is 0 Å². The molecule has 1 saturated heterocycles. The predicted molar refractivity (Wildman–Crippen MR) is 114 cm³/mol. The monoisotopic (exact) mass is 470 g/mol. The van der Waals surface area contributed by atoms with Crippen LogP contribution in [0.15, 0.2) is 12.4 Å². The van der Waals surface area contributed by atoms with Crippen molar-refractivity contribution >= 4 is 27.6 Å². The summed E-state index contributed by atoms with van der Waals surface area (Å²) in [6, 6.07) is 0. The van der Waals surface area contributed by atoms with Crippen LogP contribution in [-0.2, 0) is 25.0 Å². The standard InChI is InChI=1S/C19H27ClN6O4S/c1-12(15(29-3)16-21-9-14(20)10-22-16)31(27,28)25-18-24-23-17(13-5-4-8-30-11-13)26(18)19(2)6-7-19/h9-10,12-13,15H,4-8,11H2,1-3H3,(H,24,25)/t12-,13?,15-/m0/s1. The second-order valence-corrected chi connectivity index (χ2v) is 10.9. The summed E-state index contributed by atoms with van der Waals surface area (Å²) in [5, 5.41) is 7.94. The minimum absolute atomic E-state index is 0.101. The SMILES string of the molecule is CO[C@H](c1ncc(Cl)cn1)[C@H](C)S(=O)(=O)Nc1nnc(C2CCCOC2)n1C1(C)CC1. The van der Waals surface area contributed by atoms with E-state index in [2.05, 4.69) is 31.8 Å². The van der Waals surface area contributed by atoms with Crippen molar-refractivity contribution < 1.29 is 17.9 Å². The normalized spacial score (nSPS) is 22.6. The maximum atomic E-state index is 13.2. The molecule has 2 aromatic heterocycles. The van der Waals surface area contributed by atoms with Crippen LogP contribution in [-0.4, -0.2) is 58.7 Å². The fourth-order valence-electron chi connectivity index (χ4n) is 3.87. The molecule has 0 spiro atoms. The number of nitrogens with zero attached hydrogens (tertiary/aromatic N) is 5. The van der Waals surface area contributed by atoms with Crippen molar-refractivity contribution in [1.29, 1.82) is 0 Å². The quantitative estimate of drug-likeness (QED) is 0.624. The van der Waals surface area contributed by atoms with E-state index in [-0.39, 0.29) is 23.2 Å². The minimum atomic E-state index is -3.90. The van der Waals surface area contributed by atoms with Crippen molar-refractivity contribution in [3.05, 3.63) is 29.1 Å². The van der Waals surface area contributed by atoms with Crippen LogP contribution in [0.1, 0.15) is 63.2 Å². The van der Waals surface area contributed by atoms with Crippen molar-refractivity contribution in [2.75, 3.05) is 25.0 Å². The van der Waals surface area contributed by atoms with Crippen LogP contribution in [0, 0.1) is 0 Å². The third kappa shape index (κ3) is 4.55. The molecule has 1 N–H and O–H groups in total. The van der Waals surface area contributed by atoms with E-state index in [1.807, 2.05) is 4.57 Å². The van der Waals surface area contributed by atoms with E-state index >= 15 is 0 Å². The molecule has 4 rings (SSSR count). The highest BCUT2D eigenvalue weighted by atomic mass is 35.5. The molecule has 3 heterocycles. The molecule has 2 fully saturated rings. The van der Waals surface area contributed by atoms with Gasteiger partial charge in [0.25, 0.3) is 0 Å². The zero-order chi connectivity index (χ0) is 22.2. The third-order valence-corrected chi connectivity index (χ3v) is 7.91. The predicted octanol–water partition coefficient (Wildman–Crippen LogP) is 2.64. The van der Waals surface area contributed by atoms with E-state index in [1.165, 1.54) is 19.5 Å². The van der Waals surface area contributed by atoms with Gasteiger partial charge in [0.1, 0.15) is 17.2 Å². The van der Waals surface area contributed by atoms with E-state index < -0.39 is 21.4 Å². The molecule has 2 aromatic rings. The number of hydrogen-bond donors (Lipinski definition) is 1. The summed E-state index contributed by atoms with van der Waals surface area (Å²) in [7, 11) is -2.48. The number of hydrogen-bond acceptors (Lipinski definition) is 8. The average molecular weight is 471 g/mol. The van der Waals surface area contributed by atoms with E-state index in [4.69, 9.17) is 21.1 Å². The molecule has 2 aliphatic rings. The lowest BCUT2D eigenvalue weighted by Gasteiger charge is -2.26. The number of halogens is 1. The second kappa shape index (κ2) is 8.61. The molecule has 1 aliphatic carbocycles. The van der Waals surface area contributed by atoms with Gasteiger partial charge in [-0.25, -0.2) is 18.4 Å². The Hall–Kier alpha value is -1.82. The molecule has 170 valence electrons. The summed E-state index contributed by atoms with van der Waals surface area (Å²) >= 11 is 5.85. The van der Waals surface area contributed by atoms with Crippen molar-refractivity contribution in [2.24, 2.45) is 0 Å². The fraction of sp³-hybridized carbons (Fsp3) is 0.684. The maximum absolute atomic E-state index is 13.2. The van der Waals surface area contributed by atoms with Crippen LogP contribution in [0.2, 0.25) is 5.02 Å². The number of ether oxygens (including phenoxy) is 2. The van der Waals surface area contributed by atoms with Gasteiger partial charge in [0, 0.05) is 37.6 Å². The lowest BCUT2D eigenvalue weighted by atomic mass is 10.0. The number of methoxy groups -OCH3 is 1. The van der Waals surface area contributed by atoms with E-state index in [0.717, 1.165) is 38.1 Å². The molecular weight excluding hydrogens is 444 g/mol. The van der Waals surface area contributed by atoms with E-state index in [9.17, 15) is 8.42 Å². The zero-order valence-electron chi connectivity index (χ0n) is 17.8. The second-order valence-electron chi connectivity index (χ2n) is 8.40. The first-order valence-corrected chi connectivity index (χ1v) is 12.2. The topological polar surface area (TPSA) is 121 Å². The Labute approximate surface area is 186 Å². The first kappa shape index (κ1) is 22.4. The third-order valence-electron chi connectivity index (χ3n) is 6.03. The fourth-order valence-corrected chi connectivity index (χ4v) is 5.10. The number of aromatic nitrogens is 5. The molecule has 10 nitrogen and oxygen atoms in total. The van der Waals surface area contributed by atoms with Gasteiger partial charge in [0.05, 0.1) is 11.6 Å². The number of rotatable bonds is 8. The highest BCUT2D eigenvalue weighted by molar-refractivity contribution is 7.93. The molecule has 0 bridgehead atoms. The van der Waals surface area contributed by atoms with Crippen LogP contribution in [0.4, 0.5) is 5.95 Å². The molecule has 0 aromatic carbocycles. The smallest absolute Gasteiger partial charge is 0.240 e. The highest BCUT2D eigenvalue weighted by Gasteiger charge is 2.45. The van der Waals surface area contributed by atoms with Gasteiger partial charge >= 0.3 is 0 Å². The first-order valence-electron chi connectivity index (χ1n) is 10.3. The van der Waals surface area contributed by atoms with E-state index in [1.54, 1.807) is 6.92 Å². The lowest BCUT2D eigenvalue weighted by Crippen LogP contribution is -2.34. The lowest BCUT2D eigenvalue weighted by molar-refractivity contribution is 0.0764. The molecule has 1 unspecified atom stereocenters. The van der Waals surface area contributed by atoms with Gasteiger partial charge in [-0.05, 0) is 39.5 Å². The Balaban J connectivity index is 1.61. The minimum Gasteiger partial charge on any atom is -0.381 e. The van der Waals surface area contributed by atoms with E-state index in [0.29, 0.717) is 11.6 Å². The Kier molecular flexibility index (Phi) is 6.21. The molecule has 0 amide bonds. The average Bonchev–Trinajstić information content (AvgIpc) is 3.36. The summed E-state index contributed by atoms with van der Waals surface area (Å²) in [5.41, 5.74) is -0.197. The van der Waals surface area contributed by atoms with Gasteiger partial charge in [-0.1, -0.05) is 11.6 Å². The van der Waals surface area contributed by atoms with Gasteiger partial charge in [0.2, 0.25) is 16.0 Å². The summed E-state index contributed by atoms with van der Waals surface area (Å²) in [4.78, 5) is 8.23. The van der Waals surface area contributed by atoms with Crippen LogP contribution in [0.5, 0.6) is 0 Å². The molecule has 1 aliphatic heterocycles. The molecule has 3 atom stereocenters. The molecule has 1 saturated carbocycles. The summed E-state index contributed by atoms with van der Waals surface area (Å²) in [6.07, 6.45) is 5.70. The summed E-state index contributed by atoms with van der Waals surface area (Å²) in [5.74, 6) is 1.33. The van der Waals surface area contributed by atoms with Crippen LogP contribution < -0.4 is 4.72 Å². The Morgan fingerprint density at radius 2 is 2.03 bits per heavy atom. The van der Waals surface area contributed by atoms with Gasteiger partial charge in [-0.2, -0.15) is 0 Å². The summed E-state index contributed by atoms with van der Waals surface area (Å²) in [6.45, 7) is 4.94. The molecular formula is C19H27ClN6O4S. The van der Waals surface area contributed by atoms with Gasteiger partial charge in [-0.3, -0.25) is 9.29 Å². The maximum Gasteiger partial charge on any atom is 0.240 e. The highest BCUT2D eigenvalue weighted by Crippen LogP contribution is 2.47. The summed E-state index contributed by atoms with van der Waals surface area (Å²) < 4.78 is 42.1. The Bertz CT molecular complexity index is 1020. The molecule has 12 heteroatoms. The van der Waals surface area contributed by atoms with Gasteiger partial charge in [-0.15, -0.1) is 10.2 Å². The van der Waals surface area contributed by atoms with Crippen molar-refractivity contribution in [3.8, 4) is 0 Å². The largest absolute Gasteiger partial charge is 0.381 e. The van der Waals surface area contributed by atoms with Gasteiger partial charge < -0.3 is 9.47 Å². The van der Waals surface area contributed by atoms with Crippen LogP contribution in [0.25, 0.3) is 0 Å². The van der Waals surface area contributed by atoms with Crippen LogP contribution in [0.3, 0.4) is 0 Å². The van der Waals surface area contributed by atoms with Crippen molar-refractivity contribution in [2.45, 2.75) is 62.3 Å². The number of sulfonamides is 1. The first-order chi connectivity index (χ1) is 14.7. The van der Waals surface area contributed by atoms with Crippen molar-refractivity contribution in [1.82, 2.24) is 24.7 Å². The Morgan fingerprint density at radius 1 is 1.32 bits per heavy atom. The molecule has 31 heavy (non-hydrogen) atoms. The zero-order valence-corrected chi connectivity index (χ0v) is 19.4. The number of anilines is 1. The molecule has 0 radical (unpaired) electrons. The van der Waals surface area contributed by atoms with Gasteiger partial charge in [0.15, 0.2) is 5.82 Å². The number of nitrogens with one attached hydrogen (secondary N) is 1. The van der Waals surface area contributed by atoms with Crippen LogP contribution >= 0.6 is 11.6 Å².